The number of ether oxygens (including phenoxy) is 4. The van der Waals surface area contributed by atoms with Crippen LogP contribution in [0.15, 0.2) is 0 Å². The minimum absolute atomic E-state index is 0.107. The molecule has 0 saturated carbocycles. The molecule has 0 aromatic carbocycles. The van der Waals surface area contributed by atoms with E-state index in [1.54, 1.807) is 0 Å². The van der Waals surface area contributed by atoms with E-state index in [4.69, 9.17) is 37.0 Å². The van der Waals surface area contributed by atoms with Crippen molar-refractivity contribution in [3.63, 3.8) is 0 Å². The van der Waals surface area contributed by atoms with Gasteiger partial charge in [-0.25, -0.2) is 9.13 Å². The predicted molar refractivity (Wildman–Crippen MR) is 446 cm³/mol. The Morgan fingerprint density at radius 3 is 0.704 bits per heavy atom. The minimum atomic E-state index is -4.97. The standard InChI is InChI=1S/C89H174O17P2/c1-8-11-12-13-14-15-16-17-18-19-20-21-25-31-36-41-49-56-63-70-86(91)99-76-84(105-88(93)72-65-58-51-42-37-32-26-23-22-24-29-34-39-46-53-60-67-80(4)5)78-103-107(95,96)101-74-83(90)75-102-108(97,98)104-79-85(77-100-87(92)71-64-57-50-45-44-48-55-62-69-82(7)10-3)106-89(94)73-66-59-52-43-38-33-28-27-30-35-40-47-54-61-68-81(6)9-2/h80-85,90H,8-79H2,1-7H3,(H,95,96)(H,97,98)/t81?,82?,83-,84-,85-/m1/s1. The number of esters is 4. The summed E-state index contributed by atoms with van der Waals surface area (Å²) in [4.78, 5) is 73.4. The van der Waals surface area contributed by atoms with Crippen molar-refractivity contribution in [3.8, 4) is 0 Å². The zero-order chi connectivity index (χ0) is 79.3. The number of aliphatic hydroxyl groups is 1. The Balaban J connectivity index is 5.26. The predicted octanol–water partition coefficient (Wildman–Crippen LogP) is 27.3. The Morgan fingerprint density at radius 2 is 0.472 bits per heavy atom. The first kappa shape index (κ1) is 106. The average molecular weight is 1580 g/mol. The van der Waals surface area contributed by atoms with Gasteiger partial charge in [-0.05, 0) is 43.4 Å². The van der Waals surface area contributed by atoms with Gasteiger partial charge in [-0.2, -0.15) is 0 Å². The fraction of sp³-hybridized carbons (Fsp3) is 0.955. The number of rotatable bonds is 87. The third kappa shape index (κ3) is 79.3. The normalized spacial score (nSPS) is 14.3. The zero-order valence-corrected chi connectivity index (χ0v) is 73.1. The molecule has 0 aromatic heterocycles. The van der Waals surface area contributed by atoms with Crippen molar-refractivity contribution in [1.82, 2.24) is 0 Å². The highest BCUT2D eigenvalue weighted by atomic mass is 31.2. The van der Waals surface area contributed by atoms with E-state index in [0.717, 1.165) is 108 Å². The number of phosphoric acid groups is 2. The largest absolute Gasteiger partial charge is 0.472 e. The summed E-state index contributed by atoms with van der Waals surface area (Å²) in [6, 6.07) is 0. The van der Waals surface area contributed by atoms with Crippen molar-refractivity contribution in [1.29, 1.82) is 0 Å². The maximum absolute atomic E-state index is 13.2. The van der Waals surface area contributed by atoms with Crippen molar-refractivity contribution in [2.45, 2.75) is 491 Å². The molecule has 0 amide bonds. The summed E-state index contributed by atoms with van der Waals surface area (Å²) < 4.78 is 69.0. The van der Waals surface area contributed by atoms with Crippen LogP contribution in [0.25, 0.3) is 0 Å². The van der Waals surface area contributed by atoms with E-state index in [9.17, 15) is 43.2 Å². The van der Waals surface area contributed by atoms with Crippen molar-refractivity contribution >= 4 is 39.5 Å². The van der Waals surface area contributed by atoms with Crippen LogP contribution in [0.5, 0.6) is 0 Å². The fourth-order valence-corrected chi connectivity index (χ4v) is 15.4. The average Bonchev–Trinajstić information content (AvgIpc) is 0.901. The van der Waals surface area contributed by atoms with E-state index in [1.807, 2.05) is 0 Å². The highest BCUT2D eigenvalue weighted by Crippen LogP contribution is 2.45. The van der Waals surface area contributed by atoms with Gasteiger partial charge < -0.3 is 33.8 Å². The summed E-state index contributed by atoms with van der Waals surface area (Å²) >= 11 is 0. The first-order valence-electron chi connectivity index (χ1n) is 45.9. The van der Waals surface area contributed by atoms with Gasteiger partial charge >= 0.3 is 39.5 Å². The van der Waals surface area contributed by atoms with Crippen LogP contribution in [0.1, 0.15) is 472 Å². The Bertz CT molecular complexity index is 2080. The molecule has 0 aromatic rings. The molecule has 0 saturated heterocycles. The summed E-state index contributed by atoms with van der Waals surface area (Å²) in [7, 11) is -9.94. The second kappa shape index (κ2) is 78.9. The summed E-state index contributed by atoms with van der Waals surface area (Å²) in [5.74, 6) is 0.332. The summed E-state index contributed by atoms with van der Waals surface area (Å²) in [6.45, 7) is 12.1. The number of hydrogen-bond acceptors (Lipinski definition) is 15. The van der Waals surface area contributed by atoms with Crippen LogP contribution in [0.2, 0.25) is 0 Å². The monoisotopic (exact) mass is 1580 g/mol. The van der Waals surface area contributed by atoms with Crippen LogP contribution in [-0.2, 0) is 65.4 Å². The zero-order valence-electron chi connectivity index (χ0n) is 71.3. The van der Waals surface area contributed by atoms with Crippen LogP contribution < -0.4 is 0 Å². The first-order valence-corrected chi connectivity index (χ1v) is 48.9. The van der Waals surface area contributed by atoms with Crippen LogP contribution >= 0.6 is 15.6 Å². The van der Waals surface area contributed by atoms with Gasteiger partial charge in [-0.15, -0.1) is 0 Å². The summed E-state index contributed by atoms with van der Waals surface area (Å²) in [5.41, 5.74) is 0. The van der Waals surface area contributed by atoms with E-state index in [-0.39, 0.29) is 25.7 Å². The molecule has 642 valence electrons. The smallest absolute Gasteiger partial charge is 0.462 e. The summed E-state index contributed by atoms with van der Waals surface area (Å²) in [6.07, 6.45) is 70.7. The Kier molecular flexibility index (Phi) is 77.5. The van der Waals surface area contributed by atoms with Crippen molar-refractivity contribution in [2.75, 3.05) is 39.6 Å². The van der Waals surface area contributed by atoms with Crippen molar-refractivity contribution in [3.05, 3.63) is 0 Å². The molecule has 0 aliphatic heterocycles. The van der Waals surface area contributed by atoms with E-state index in [0.29, 0.717) is 25.7 Å². The second-order valence-corrected chi connectivity index (χ2v) is 35.9. The van der Waals surface area contributed by atoms with Crippen LogP contribution in [0, 0.1) is 17.8 Å². The molecule has 3 N–H and O–H groups in total. The Labute approximate surface area is 664 Å². The third-order valence-corrected chi connectivity index (χ3v) is 23.5. The number of carbonyl (C=O) groups excluding carboxylic acids is 4. The van der Waals surface area contributed by atoms with Crippen molar-refractivity contribution in [2.24, 2.45) is 17.8 Å². The van der Waals surface area contributed by atoms with Crippen LogP contribution in [-0.4, -0.2) is 96.7 Å². The molecule has 4 unspecified atom stereocenters. The molecule has 0 aliphatic carbocycles. The molecule has 0 fully saturated rings. The quantitative estimate of drug-likeness (QED) is 0.0222. The number of carbonyl (C=O) groups is 4. The maximum Gasteiger partial charge on any atom is 0.472 e. The molecule has 0 bridgehead atoms. The van der Waals surface area contributed by atoms with Gasteiger partial charge in [0.05, 0.1) is 26.4 Å². The van der Waals surface area contributed by atoms with Gasteiger partial charge in [0.15, 0.2) is 12.2 Å². The first-order chi connectivity index (χ1) is 52.3. The van der Waals surface area contributed by atoms with Gasteiger partial charge in [0.25, 0.3) is 0 Å². The van der Waals surface area contributed by atoms with Gasteiger partial charge in [0.2, 0.25) is 0 Å². The molecule has 19 heteroatoms. The van der Waals surface area contributed by atoms with Gasteiger partial charge in [0, 0.05) is 25.7 Å². The molecule has 0 rings (SSSR count). The lowest BCUT2D eigenvalue weighted by molar-refractivity contribution is -0.161. The molecule has 108 heavy (non-hydrogen) atoms. The van der Waals surface area contributed by atoms with E-state index in [1.165, 1.54) is 283 Å². The number of hydrogen-bond donors (Lipinski definition) is 3. The van der Waals surface area contributed by atoms with Gasteiger partial charge in [-0.1, -0.05) is 421 Å². The number of unbranched alkanes of at least 4 members (excludes halogenated alkanes) is 53. The number of aliphatic hydroxyl groups excluding tert-OH is 1. The summed E-state index contributed by atoms with van der Waals surface area (Å²) in [5, 5.41) is 10.7. The molecule has 0 radical (unpaired) electrons. The lowest BCUT2D eigenvalue weighted by Crippen LogP contribution is -2.30. The van der Waals surface area contributed by atoms with Crippen LogP contribution in [0.3, 0.4) is 0 Å². The maximum atomic E-state index is 13.2. The number of phosphoric ester groups is 2. The lowest BCUT2D eigenvalue weighted by Gasteiger charge is -2.21. The molecule has 0 aliphatic rings. The van der Waals surface area contributed by atoms with Gasteiger partial charge in [0.1, 0.15) is 19.3 Å². The molecular weight excluding hydrogens is 1400 g/mol. The molecule has 0 spiro atoms. The molecule has 0 heterocycles. The Morgan fingerprint density at radius 1 is 0.269 bits per heavy atom. The van der Waals surface area contributed by atoms with Crippen molar-refractivity contribution < 1.29 is 80.2 Å². The second-order valence-electron chi connectivity index (χ2n) is 32.9. The highest BCUT2D eigenvalue weighted by molar-refractivity contribution is 7.47. The van der Waals surface area contributed by atoms with E-state index >= 15 is 0 Å². The Hall–Kier alpha value is -1.94. The SMILES string of the molecule is CCCCCCCCCCCCCCCCCCCCCC(=O)OC[C@H](COP(=O)(O)OC[C@@H](O)COP(=O)(O)OC[C@@H](COC(=O)CCCCCCCCCCC(C)CC)OC(=O)CCCCCCCCCCCCCCCCC(C)CC)OC(=O)CCCCCCCCCCCCCCCCCCC(C)C. The topological polar surface area (TPSA) is 237 Å². The molecular formula is C89H174O17P2. The van der Waals surface area contributed by atoms with E-state index < -0.39 is 97.5 Å². The third-order valence-electron chi connectivity index (χ3n) is 21.6. The lowest BCUT2D eigenvalue weighted by atomic mass is 9.99. The van der Waals surface area contributed by atoms with Crippen LogP contribution in [0.4, 0.5) is 0 Å². The highest BCUT2D eigenvalue weighted by Gasteiger charge is 2.31. The molecule has 17 nitrogen and oxygen atoms in total. The fourth-order valence-electron chi connectivity index (χ4n) is 13.8. The molecule has 7 atom stereocenters. The van der Waals surface area contributed by atoms with Gasteiger partial charge in [-0.3, -0.25) is 37.3 Å². The van der Waals surface area contributed by atoms with E-state index in [2.05, 4.69) is 48.5 Å². The minimum Gasteiger partial charge on any atom is -0.462 e.